The molecule has 0 atom stereocenters. The van der Waals surface area contributed by atoms with Gasteiger partial charge in [-0.1, -0.05) is 15.9 Å². The van der Waals surface area contributed by atoms with Gasteiger partial charge in [0.2, 0.25) is 0 Å². The van der Waals surface area contributed by atoms with E-state index in [1.807, 2.05) is 0 Å². The van der Waals surface area contributed by atoms with Crippen LogP contribution in [0.2, 0.25) is 0 Å². The Hall–Kier alpha value is -1.33. The van der Waals surface area contributed by atoms with Crippen LogP contribution in [0.1, 0.15) is 11.3 Å². The molecule has 2 rings (SSSR count). The molecular formula is C12H11BrFN3. The zero-order chi connectivity index (χ0) is 12.1. The predicted molar refractivity (Wildman–Crippen MR) is 66.7 cm³/mol. The van der Waals surface area contributed by atoms with Gasteiger partial charge in [0.1, 0.15) is 5.82 Å². The van der Waals surface area contributed by atoms with Gasteiger partial charge in [-0.3, -0.25) is 9.97 Å². The molecule has 2 aromatic rings. The fraction of sp³-hybridized carbons (Fsp3) is 0.167. The van der Waals surface area contributed by atoms with Gasteiger partial charge in [-0.05, 0) is 18.2 Å². The highest BCUT2D eigenvalue weighted by atomic mass is 79.9. The third kappa shape index (κ3) is 3.57. The zero-order valence-corrected chi connectivity index (χ0v) is 10.6. The van der Waals surface area contributed by atoms with Gasteiger partial charge in [-0.15, -0.1) is 0 Å². The van der Waals surface area contributed by atoms with Crippen LogP contribution in [0.4, 0.5) is 4.39 Å². The molecule has 0 aliphatic rings. The lowest BCUT2D eigenvalue weighted by molar-refractivity contribution is 0.585. The summed E-state index contributed by atoms with van der Waals surface area (Å²) < 4.78 is 14.3. The molecule has 0 amide bonds. The maximum absolute atomic E-state index is 13.4. The molecule has 0 spiro atoms. The second-order valence-corrected chi connectivity index (χ2v) is 4.45. The van der Waals surface area contributed by atoms with Crippen LogP contribution >= 0.6 is 15.9 Å². The molecule has 0 fully saturated rings. The summed E-state index contributed by atoms with van der Waals surface area (Å²) in [5, 5.41) is 3.12. The second kappa shape index (κ2) is 5.84. The van der Waals surface area contributed by atoms with Gasteiger partial charge in [-0.25, -0.2) is 4.39 Å². The van der Waals surface area contributed by atoms with Gasteiger partial charge in [-0.2, -0.15) is 0 Å². The number of halogens is 2. The minimum atomic E-state index is -0.208. The quantitative estimate of drug-likeness (QED) is 0.942. The van der Waals surface area contributed by atoms with E-state index in [9.17, 15) is 4.39 Å². The topological polar surface area (TPSA) is 37.8 Å². The molecular weight excluding hydrogens is 285 g/mol. The summed E-state index contributed by atoms with van der Waals surface area (Å²) in [6.45, 7) is 1.03. The van der Waals surface area contributed by atoms with Crippen LogP contribution in [0.5, 0.6) is 0 Å². The molecule has 0 aliphatic heterocycles. The van der Waals surface area contributed by atoms with E-state index in [0.29, 0.717) is 18.7 Å². The van der Waals surface area contributed by atoms with Gasteiger partial charge in [0, 0.05) is 41.7 Å². The Balaban J connectivity index is 1.92. The maximum Gasteiger partial charge on any atom is 0.127 e. The first-order valence-electron chi connectivity index (χ1n) is 5.15. The monoisotopic (exact) mass is 295 g/mol. The van der Waals surface area contributed by atoms with E-state index >= 15 is 0 Å². The van der Waals surface area contributed by atoms with E-state index in [1.54, 1.807) is 30.7 Å². The number of nitrogens with zero attached hydrogens (tertiary/aromatic N) is 2. The Labute approximate surface area is 107 Å². The Kier molecular flexibility index (Phi) is 4.17. The lowest BCUT2D eigenvalue weighted by Gasteiger charge is -2.05. The molecule has 0 radical (unpaired) electrons. The van der Waals surface area contributed by atoms with Gasteiger partial charge in [0.15, 0.2) is 0 Å². The van der Waals surface area contributed by atoms with Crippen molar-refractivity contribution in [1.29, 1.82) is 0 Å². The van der Waals surface area contributed by atoms with Crippen molar-refractivity contribution < 1.29 is 4.39 Å². The number of hydrogen-bond acceptors (Lipinski definition) is 3. The average molecular weight is 296 g/mol. The smallest absolute Gasteiger partial charge is 0.127 e. The van der Waals surface area contributed by atoms with Crippen molar-refractivity contribution in [1.82, 2.24) is 15.3 Å². The van der Waals surface area contributed by atoms with Crippen LogP contribution in [-0.4, -0.2) is 9.97 Å². The Morgan fingerprint density at radius 1 is 1.24 bits per heavy atom. The Bertz CT molecular complexity index is 490. The maximum atomic E-state index is 13.4. The van der Waals surface area contributed by atoms with Crippen molar-refractivity contribution in [3.05, 3.63) is 58.3 Å². The van der Waals surface area contributed by atoms with Crippen molar-refractivity contribution in [2.24, 2.45) is 0 Å². The summed E-state index contributed by atoms with van der Waals surface area (Å²) >= 11 is 3.32. The molecule has 1 aromatic carbocycles. The molecule has 88 valence electrons. The van der Waals surface area contributed by atoms with E-state index in [1.165, 1.54) is 6.07 Å². The molecule has 17 heavy (non-hydrogen) atoms. The first kappa shape index (κ1) is 12.1. The van der Waals surface area contributed by atoms with Crippen molar-refractivity contribution in [2.75, 3.05) is 0 Å². The third-order valence-corrected chi connectivity index (χ3v) is 2.74. The van der Waals surface area contributed by atoms with Crippen LogP contribution in [0.25, 0.3) is 0 Å². The van der Waals surface area contributed by atoms with E-state index in [4.69, 9.17) is 0 Å². The highest BCUT2D eigenvalue weighted by Gasteiger charge is 2.02. The molecule has 0 saturated heterocycles. The minimum absolute atomic E-state index is 0.208. The van der Waals surface area contributed by atoms with Crippen LogP contribution in [0.3, 0.4) is 0 Å². The first-order chi connectivity index (χ1) is 8.25. The lowest BCUT2D eigenvalue weighted by Crippen LogP contribution is -2.14. The first-order valence-corrected chi connectivity index (χ1v) is 5.94. The SMILES string of the molecule is Fc1ccc(Br)cc1CNCc1cnccn1. The average Bonchev–Trinajstić information content (AvgIpc) is 2.35. The molecule has 3 nitrogen and oxygen atoms in total. The van der Waals surface area contributed by atoms with E-state index in [2.05, 4.69) is 31.2 Å². The van der Waals surface area contributed by atoms with Crippen LogP contribution in [0, 0.1) is 5.82 Å². The molecule has 1 aromatic heterocycles. The van der Waals surface area contributed by atoms with Gasteiger partial charge >= 0.3 is 0 Å². The normalized spacial score (nSPS) is 10.5. The highest BCUT2D eigenvalue weighted by molar-refractivity contribution is 9.10. The summed E-state index contributed by atoms with van der Waals surface area (Å²) in [6, 6.07) is 4.89. The van der Waals surface area contributed by atoms with Gasteiger partial charge < -0.3 is 5.32 Å². The lowest BCUT2D eigenvalue weighted by atomic mass is 10.2. The van der Waals surface area contributed by atoms with Crippen molar-refractivity contribution >= 4 is 15.9 Å². The molecule has 0 unspecified atom stereocenters. The second-order valence-electron chi connectivity index (χ2n) is 3.54. The standard InChI is InChI=1S/C12H11BrFN3/c13-10-1-2-12(14)9(5-10)6-16-8-11-7-15-3-4-17-11/h1-5,7,16H,6,8H2. The number of hydrogen-bond donors (Lipinski definition) is 1. The third-order valence-electron chi connectivity index (χ3n) is 2.25. The summed E-state index contributed by atoms with van der Waals surface area (Å²) in [4.78, 5) is 8.08. The van der Waals surface area contributed by atoms with E-state index < -0.39 is 0 Å². The number of benzene rings is 1. The molecule has 0 aliphatic carbocycles. The van der Waals surface area contributed by atoms with Gasteiger partial charge in [0.25, 0.3) is 0 Å². The van der Waals surface area contributed by atoms with Crippen LogP contribution in [0.15, 0.2) is 41.3 Å². The minimum Gasteiger partial charge on any atom is -0.307 e. The number of rotatable bonds is 4. The van der Waals surface area contributed by atoms with Gasteiger partial charge in [0.05, 0.1) is 5.69 Å². The van der Waals surface area contributed by atoms with Crippen molar-refractivity contribution in [3.8, 4) is 0 Å². The fourth-order valence-corrected chi connectivity index (χ4v) is 1.83. The Morgan fingerprint density at radius 3 is 2.88 bits per heavy atom. The van der Waals surface area contributed by atoms with Crippen molar-refractivity contribution in [2.45, 2.75) is 13.1 Å². The highest BCUT2D eigenvalue weighted by Crippen LogP contribution is 2.15. The Morgan fingerprint density at radius 2 is 2.12 bits per heavy atom. The summed E-state index contributed by atoms with van der Waals surface area (Å²) in [6.07, 6.45) is 4.94. The summed E-state index contributed by atoms with van der Waals surface area (Å²) in [5.74, 6) is -0.208. The largest absolute Gasteiger partial charge is 0.307 e. The molecule has 1 N–H and O–H groups in total. The van der Waals surface area contributed by atoms with E-state index in [0.717, 1.165) is 10.2 Å². The van der Waals surface area contributed by atoms with Crippen LogP contribution in [-0.2, 0) is 13.1 Å². The molecule has 1 heterocycles. The van der Waals surface area contributed by atoms with E-state index in [-0.39, 0.29) is 5.82 Å². The van der Waals surface area contributed by atoms with Crippen LogP contribution < -0.4 is 5.32 Å². The predicted octanol–water partition coefficient (Wildman–Crippen LogP) is 2.67. The van der Waals surface area contributed by atoms with Crippen molar-refractivity contribution in [3.63, 3.8) is 0 Å². The summed E-state index contributed by atoms with van der Waals surface area (Å²) in [7, 11) is 0. The molecule has 0 bridgehead atoms. The fourth-order valence-electron chi connectivity index (χ4n) is 1.43. The number of aromatic nitrogens is 2. The zero-order valence-electron chi connectivity index (χ0n) is 9.03. The molecule has 0 saturated carbocycles. The summed E-state index contributed by atoms with van der Waals surface area (Å²) in [5.41, 5.74) is 1.46. The molecule has 5 heteroatoms. The number of nitrogens with one attached hydrogen (secondary N) is 1.